The van der Waals surface area contributed by atoms with Gasteiger partial charge in [0.1, 0.15) is 6.61 Å². The summed E-state index contributed by atoms with van der Waals surface area (Å²) in [5, 5.41) is 3.20. The molecule has 2 heterocycles. The molecule has 0 saturated carbocycles. The molecule has 1 aromatic heterocycles. The van der Waals surface area contributed by atoms with Gasteiger partial charge in [0.05, 0.1) is 44.7 Å². The molecule has 0 unspecified atom stereocenters. The zero-order valence-electron chi connectivity index (χ0n) is 13.3. The van der Waals surface area contributed by atoms with Crippen molar-refractivity contribution in [2.24, 2.45) is 0 Å². The first kappa shape index (κ1) is 16.7. The van der Waals surface area contributed by atoms with Gasteiger partial charge in [0, 0.05) is 11.1 Å². The van der Waals surface area contributed by atoms with Crippen LogP contribution in [0.2, 0.25) is 4.47 Å². The van der Waals surface area contributed by atoms with E-state index < -0.39 is 5.97 Å². The number of carbonyl (C=O) groups is 1. The van der Waals surface area contributed by atoms with E-state index in [0.717, 1.165) is 4.88 Å². The predicted octanol–water partition coefficient (Wildman–Crippen LogP) is 3.10. The van der Waals surface area contributed by atoms with E-state index in [4.69, 9.17) is 30.5 Å². The maximum atomic E-state index is 12.2. The van der Waals surface area contributed by atoms with Crippen molar-refractivity contribution in [2.75, 3.05) is 26.6 Å². The second-order valence-electron chi connectivity index (χ2n) is 4.84. The Morgan fingerprint density at radius 1 is 1.25 bits per heavy atom. The van der Waals surface area contributed by atoms with Crippen LogP contribution < -0.4 is 19.5 Å². The SMILES string of the molecule is COc1c2c(c(NCc3cnc(Cl)s3)c(OC)c1OC)C(=O)OC2. The number of carbonyl (C=O) groups excluding carboxylic acids is 1. The van der Waals surface area contributed by atoms with Gasteiger partial charge < -0.3 is 24.3 Å². The lowest BCUT2D eigenvalue weighted by Gasteiger charge is -2.19. The van der Waals surface area contributed by atoms with Crippen LogP contribution in [0.3, 0.4) is 0 Å². The predicted molar refractivity (Wildman–Crippen MR) is 89.7 cm³/mol. The van der Waals surface area contributed by atoms with Crippen LogP contribution in [0.4, 0.5) is 5.69 Å². The highest BCUT2D eigenvalue weighted by Gasteiger charge is 2.35. The molecule has 0 radical (unpaired) electrons. The van der Waals surface area contributed by atoms with Gasteiger partial charge in [0.15, 0.2) is 16.0 Å². The lowest BCUT2D eigenvalue weighted by Crippen LogP contribution is -2.09. The van der Waals surface area contributed by atoms with Crippen molar-refractivity contribution in [3.63, 3.8) is 0 Å². The number of hydrogen-bond donors (Lipinski definition) is 1. The summed E-state index contributed by atoms with van der Waals surface area (Å²) >= 11 is 7.20. The maximum absolute atomic E-state index is 12.2. The molecule has 1 aromatic carbocycles. The summed E-state index contributed by atoms with van der Waals surface area (Å²) in [5.41, 5.74) is 1.52. The molecule has 2 aromatic rings. The van der Waals surface area contributed by atoms with E-state index in [1.165, 1.54) is 32.7 Å². The van der Waals surface area contributed by atoms with Crippen molar-refractivity contribution in [3.05, 3.63) is 26.7 Å². The van der Waals surface area contributed by atoms with Gasteiger partial charge in [-0.25, -0.2) is 9.78 Å². The normalized spacial score (nSPS) is 12.6. The minimum atomic E-state index is -0.436. The van der Waals surface area contributed by atoms with Crippen LogP contribution in [0.1, 0.15) is 20.8 Å². The molecule has 0 amide bonds. The molecule has 0 fully saturated rings. The van der Waals surface area contributed by atoms with E-state index in [9.17, 15) is 4.79 Å². The van der Waals surface area contributed by atoms with Gasteiger partial charge in [-0.05, 0) is 0 Å². The van der Waals surface area contributed by atoms with E-state index in [0.29, 0.717) is 45.1 Å². The number of thiazole rings is 1. The van der Waals surface area contributed by atoms with Gasteiger partial charge in [0.25, 0.3) is 0 Å². The zero-order valence-corrected chi connectivity index (χ0v) is 14.8. The second-order valence-corrected chi connectivity index (χ2v) is 6.53. The van der Waals surface area contributed by atoms with E-state index >= 15 is 0 Å². The molecule has 7 nitrogen and oxygen atoms in total. The number of methoxy groups -OCH3 is 3. The minimum Gasteiger partial charge on any atom is -0.492 e. The Hall–Kier alpha value is -2.19. The highest BCUT2D eigenvalue weighted by Crippen LogP contribution is 2.50. The molecular formula is C15H15ClN2O5S. The second kappa shape index (κ2) is 6.74. The molecular weight excluding hydrogens is 356 g/mol. The number of benzene rings is 1. The number of aromatic nitrogens is 1. The monoisotopic (exact) mass is 370 g/mol. The molecule has 1 aliphatic heterocycles. The summed E-state index contributed by atoms with van der Waals surface area (Å²) in [6, 6.07) is 0. The van der Waals surface area contributed by atoms with E-state index in [-0.39, 0.29) is 6.61 Å². The number of rotatable bonds is 6. The average Bonchev–Trinajstić information content (AvgIpc) is 3.17. The molecule has 24 heavy (non-hydrogen) atoms. The number of esters is 1. The van der Waals surface area contributed by atoms with Gasteiger partial charge >= 0.3 is 5.97 Å². The topological polar surface area (TPSA) is 78.9 Å². The first-order valence-corrected chi connectivity index (χ1v) is 8.16. The maximum Gasteiger partial charge on any atom is 0.341 e. The van der Waals surface area contributed by atoms with Crippen molar-refractivity contribution in [1.29, 1.82) is 0 Å². The molecule has 128 valence electrons. The third-order valence-electron chi connectivity index (χ3n) is 3.59. The lowest BCUT2D eigenvalue weighted by molar-refractivity contribution is 0.0534. The standard InChI is InChI=1S/C15H15ClN2O5S/c1-20-11-8-6-23-14(19)9(8)10(12(21-2)13(11)22-3)17-4-7-5-18-15(16)24-7/h5,17H,4,6H2,1-3H3. The van der Waals surface area contributed by atoms with Crippen molar-refractivity contribution < 1.29 is 23.7 Å². The van der Waals surface area contributed by atoms with Crippen molar-refractivity contribution in [1.82, 2.24) is 4.98 Å². The fourth-order valence-electron chi connectivity index (χ4n) is 2.61. The fraction of sp³-hybridized carbons (Fsp3) is 0.333. The van der Waals surface area contributed by atoms with E-state index in [1.54, 1.807) is 6.20 Å². The molecule has 9 heteroatoms. The van der Waals surface area contributed by atoms with Crippen LogP contribution in [0, 0.1) is 0 Å². The van der Waals surface area contributed by atoms with Gasteiger partial charge in [-0.15, -0.1) is 11.3 Å². The van der Waals surface area contributed by atoms with Gasteiger partial charge in [-0.1, -0.05) is 11.6 Å². The van der Waals surface area contributed by atoms with Gasteiger partial charge in [-0.3, -0.25) is 0 Å². The number of fused-ring (bicyclic) bond motifs is 1. The number of halogens is 1. The molecule has 1 N–H and O–H groups in total. The summed E-state index contributed by atoms with van der Waals surface area (Å²) in [6.45, 7) is 0.550. The molecule has 0 spiro atoms. The van der Waals surface area contributed by atoms with Crippen LogP contribution in [-0.4, -0.2) is 32.3 Å². The largest absolute Gasteiger partial charge is 0.492 e. The van der Waals surface area contributed by atoms with Gasteiger partial charge in [0.2, 0.25) is 5.75 Å². The Morgan fingerprint density at radius 2 is 1.96 bits per heavy atom. The Labute approximate surface area is 147 Å². The quantitative estimate of drug-likeness (QED) is 0.782. The Morgan fingerprint density at radius 3 is 2.54 bits per heavy atom. The summed E-state index contributed by atoms with van der Waals surface area (Å²) in [7, 11) is 4.52. The van der Waals surface area contributed by atoms with E-state index in [1.807, 2.05) is 0 Å². The molecule has 0 aliphatic carbocycles. The fourth-order valence-corrected chi connectivity index (χ4v) is 3.53. The lowest BCUT2D eigenvalue weighted by atomic mass is 10.0. The van der Waals surface area contributed by atoms with Crippen molar-refractivity contribution in [3.8, 4) is 17.2 Å². The first-order chi connectivity index (χ1) is 11.6. The van der Waals surface area contributed by atoms with Crippen LogP contribution in [0.5, 0.6) is 17.2 Å². The third kappa shape index (κ3) is 2.71. The summed E-state index contributed by atoms with van der Waals surface area (Å²) in [4.78, 5) is 17.1. The summed E-state index contributed by atoms with van der Waals surface area (Å²) < 4.78 is 21.9. The Kier molecular flexibility index (Phi) is 4.68. The van der Waals surface area contributed by atoms with Gasteiger partial charge in [-0.2, -0.15) is 0 Å². The third-order valence-corrected chi connectivity index (χ3v) is 4.71. The minimum absolute atomic E-state index is 0.124. The molecule has 3 rings (SSSR count). The number of cyclic esters (lactones) is 1. The molecule has 1 aliphatic rings. The zero-order chi connectivity index (χ0) is 17.3. The molecule has 0 saturated heterocycles. The highest BCUT2D eigenvalue weighted by molar-refractivity contribution is 7.15. The van der Waals surface area contributed by atoms with Crippen LogP contribution in [0.25, 0.3) is 0 Å². The Bertz CT molecular complexity index is 793. The van der Waals surface area contributed by atoms with Crippen LogP contribution >= 0.6 is 22.9 Å². The highest BCUT2D eigenvalue weighted by atomic mass is 35.5. The average molecular weight is 371 g/mol. The van der Waals surface area contributed by atoms with Crippen LogP contribution in [-0.2, 0) is 17.9 Å². The number of nitrogens with zero attached hydrogens (tertiary/aromatic N) is 1. The number of anilines is 1. The van der Waals surface area contributed by atoms with Crippen molar-refractivity contribution in [2.45, 2.75) is 13.2 Å². The number of hydrogen-bond acceptors (Lipinski definition) is 8. The summed E-state index contributed by atoms with van der Waals surface area (Å²) in [6.07, 6.45) is 1.67. The van der Waals surface area contributed by atoms with Crippen LogP contribution in [0.15, 0.2) is 6.20 Å². The van der Waals surface area contributed by atoms with Crippen molar-refractivity contribution >= 4 is 34.6 Å². The number of nitrogens with one attached hydrogen (secondary N) is 1. The summed E-state index contributed by atoms with van der Waals surface area (Å²) in [5.74, 6) is 0.778. The molecule has 0 bridgehead atoms. The Balaban J connectivity index is 2.09. The molecule has 0 atom stereocenters. The first-order valence-electron chi connectivity index (χ1n) is 6.96. The van der Waals surface area contributed by atoms with E-state index in [2.05, 4.69) is 10.3 Å². The number of ether oxygens (including phenoxy) is 4. The smallest absolute Gasteiger partial charge is 0.341 e.